The fourth-order valence-corrected chi connectivity index (χ4v) is 1.71. The van der Waals surface area contributed by atoms with E-state index >= 15 is 0 Å². The topological polar surface area (TPSA) is 26.3 Å². The number of hydrogen-bond acceptors (Lipinski definition) is 2. The molecule has 0 N–H and O–H groups in total. The van der Waals surface area contributed by atoms with Crippen LogP contribution in [0.5, 0.6) is 0 Å². The second-order valence-corrected chi connectivity index (χ2v) is 3.87. The lowest BCUT2D eigenvalue weighted by Gasteiger charge is -2.17. The Hall–Kier alpha value is -1.90. The predicted octanol–water partition coefficient (Wildman–Crippen LogP) is 3.60. The number of esters is 1. The molecule has 0 bridgehead atoms. The van der Waals surface area contributed by atoms with Gasteiger partial charge >= 0.3 is 5.97 Å². The van der Waals surface area contributed by atoms with Gasteiger partial charge in [-0.25, -0.2) is 9.18 Å². The minimum absolute atomic E-state index is 0.220. The van der Waals surface area contributed by atoms with Crippen molar-refractivity contribution in [2.45, 2.75) is 19.3 Å². The summed E-state index contributed by atoms with van der Waals surface area (Å²) < 4.78 is 17.8. The third-order valence-corrected chi connectivity index (χ3v) is 2.63. The molecule has 1 aromatic carbocycles. The van der Waals surface area contributed by atoms with Gasteiger partial charge in [-0.15, -0.1) is 6.58 Å². The first-order chi connectivity index (χ1) is 8.60. The van der Waals surface area contributed by atoms with E-state index in [1.807, 2.05) is 0 Å². The summed E-state index contributed by atoms with van der Waals surface area (Å²) in [5, 5.41) is 0. The Morgan fingerprint density at radius 1 is 1.44 bits per heavy atom. The van der Waals surface area contributed by atoms with E-state index in [1.54, 1.807) is 25.1 Å². The van der Waals surface area contributed by atoms with Gasteiger partial charge in [0.1, 0.15) is 5.82 Å². The highest BCUT2D eigenvalue weighted by Gasteiger charge is 2.20. The highest BCUT2D eigenvalue weighted by atomic mass is 19.1. The maximum atomic E-state index is 12.9. The molecule has 18 heavy (non-hydrogen) atoms. The molecule has 0 saturated carbocycles. The number of benzene rings is 1. The van der Waals surface area contributed by atoms with Crippen molar-refractivity contribution in [3.8, 4) is 0 Å². The van der Waals surface area contributed by atoms with E-state index in [0.29, 0.717) is 18.6 Å². The summed E-state index contributed by atoms with van der Waals surface area (Å²) in [6, 6.07) is 6.02. The molecular weight excluding hydrogens is 231 g/mol. The van der Waals surface area contributed by atoms with Crippen LogP contribution in [0, 0.1) is 5.82 Å². The molecule has 0 amide bonds. The molecule has 0 aliphatic carbocycles. The van der Waals surface area contributed by atoms with Crippen LogP contribution in [0.2, 0.25) is 0 Å². The Morgan fingerprint density at radius 3 is 2.56 bits per heavy atom. The first-order valence-electron chi connectivity index (χ1n) is 5.82. The molecule has 96 valence electrons. The van der Waals surface area contributed by atoms with Crippen molar-refractivity contribution in [3.05, 3.63) is 60.5 Å². The molecule has 0 aromatic heterocycles. The fourth-order valence-electron chi connectivity index (χ4n) is 1.71. The highest BCUT2D eigenvalue weighted by molar-refractivity contribution is 5.89. The van der Waals surface area contributed by atoms with Crippen molar-refractivity contribution in [2.75, 3.05) is 6.61 Å². The Labute approximate surface area is 107 Å². The molecule has 0 aliphatic heterocycles. The zero-order chi connectivity index (χ0) is 13.5. The first-order valence-corrected chi connectivity index (χ1v) is 5.82. The number of carbonyl (C=O) groups is 1. The number of allylic oxidation sites excluding steroid dienone is 1. The largest absolute Gasteiger partial charge is 0.463 e. The molecule has 1 aromatic rings. The fraction of sp³-hybridized carbons (Fsp3) is 0.267. The van der Waals surface area contributed by atoms with Gasteiger partial charge in [0.05, 0.1) is 6.61 Å². The number of halogens is 1. The second-order valence-electron chi connectivity index (χ2n) is 3.87. The SMILES string of the molecule is C=CC[C@@H](C(=C)C(=O)OCC)c1ccc(F)cc1. The molecule has 0 unspecified atom stereocenters. The van der Waals surface area contributed by atoms with Gasteiger partial charge in [-0.1, -0.05) is 24.8 Å². The van der Waals surface area contributed by atoms with Crippen molar-refractivity contribution in [1.29, 1.82) is 0 Å². The predicted molar refractivity (Wildman–Crippen MR) is 69.7 cm³/mol. The summed E-state index contributed by atoms with van der Waals surface area (Å²) in [4.78, 5) is 11.7. The van der Waals surface area contributed by atoms with Gasteiger partial charge in [0, 0.05) is 11.5 Å². The maximum Gasteiger partial charge on any atom is 0.334 e. The van der Waals surface area contributed by atoms with Crippen molar-refractivity contribution < 1.29 is 13.9 Å². The molecule has 2 nitrogen and oxygen atoms in total. The number of hydrogen-bond donors (Lipinski definition) is 0. The van der Waals surface area contributed by atoms with E-state index < -0.39 is 5.97 Å². The molecule has 0 radical (unpaired) electrons. The third-order valence-electron chi connectivity index (χ3n) is 2.63. The zero-order valence-corrected chi connectivity index (χ0v) is 10.5. The van der Waals surface area contributed by atoms with Crippen molar-refractivity contribution in [2.24, 2.45) is 0 Å². The summed E-state index contributed by atoms with van der Waals surface area (Å²) in [6.07, 6.45) is 2.27. The Morgan fingerprint density at radius 2 is 2.06 bits per heavy atom. The van der Waals surface area contributed by atoms with Crippen LogP contribution in [0.15, 0.2) is 49.1 Å². The molecule has 3 heteroatoms. The number of carbonyl (C=O) groups excluding carboxylic acids is 1. The average Bonchev–Trinajstić information content (AvgIpc) is 2.37. The van der Waals surface area contributed by atoms with Crippen LogP contribution < -0.4 is 0 Å². The third kappa shape index (κ3) is 3.55. The van der Waals surface area contributed by atoms with Crippen molar-refractivity contribution >= 4 is 5.97 Å². The minimum Gasteiger partial charge on any atom is -0.463 e. The van der Waals surface area contributed by atoms with Crippen LogP contribution in [-0.4, -0.2) is 12.6 Å². The van der Waals surface area contributed by atoms with Crippen molar-refractivity contribution in [1.82, 2.24) is 0 Å². The molecular formula is C15H17FO2. The molecule has 0 heterocycles. The van der Waals surface area contributed by atoms with Crippen LogP contribution in [0.4, 0.5) is 4.39 Å². The Bertz CT molecular complexity index is 434. The molecule has 0 fully saturated rings. The van der Waals surface area contributed by atoms with Gasteiger partial charge in [-0.05, 0) is 31.0 Å². The molecule has 1 rings (SSSR count). The van der Waals surface area contributed by atoms with E-state index in [4.69, 9.17) is 4.74 Å². The van der Waals surface area contributed by atoms with E-state index in [-0.39, 0.29) is 11.7 Å². The maximum absolute atomic E-state index is 12.9. The van der Waals surface area contributed by atoms with Gasteiger partial charge in [-0.2, -0.15) is 0 Å². The summed E-state index contributed by atoms with van der Waals surface area (Å²) in [5.74, 6) is -0.950. The van der Waals surface area contributed by atoms with Crippen LogP contribution in [-0.2, 0) is 9.53 Å². The Balaban J connectivity index is 2.94. The van der Waals surface area contributed by atoms with Crippen LogP contribution in [0.3, 0.4) is 0 Å². The van der Waals surface area contributed by atoms with Crippen LogP contribution in [0.25, 0.3) is 0 Å². The molecule has 0 aliphatic rings. The summed E-state index contributed by atoms with van der Waals surface area (Å²) in [5.41, 5.74) is 1.19. The summed E-state index contributed by atoms with van der Waals surface area (Å²) >= 11 is 0. The Kier molecular flexibility index (Phi) is 5.31. The quantitative estimate of drug-likeness (QED) is 0.437. The molecule has 1 atom stereocenters. The van der Waals surface area contributed by atoms with Crippen LogP contribution >= 0.6 is 0 Å². The lowest BCUT2D eigenvalue weighted by Crippen LogP contribution is -2.13. The first kappa shape index (κ1) is 14.2. The number of rotatable bonds is 6. The highest BCUT2D eigenvalue weighted by Crippen LogP contribution is 2.28. The minimum atomic E-state index is -0.423. The average molecular weight is 248 g/mol. The number of ether oxygens (including phenoxy) is 1. The zero-order valence-electron chi connectivity index (χ0n) is 10.5. The van der Waals surface area contributed by atoms with Gasteiger partial charge in [-0.3, -0.25) is 0 Å². The van der Waals surface area contributed by atoms with E-state index in [1.165, 1.54) is 12.1 Å². The standard InChI is InChI=1S/C15H17FO2/c1-4-6-14(11(3)15(17)18-5-2)12-7-9-13(16)10-8-12/h4,7-10,14H,1,3,5-6H2,2H3/t14-/m0/s1. The summed E-state index contributed by atoms with van der Waals surface area (Å²) in [7, 11) is 0. The van der Waals surface area contributed by atoms with Crippen molar-refractivity contribution in [3.63, 3.8) is 0 Å². The lowest BCUT2D eigenvalue weighted by atomic mass is 9.89. The lowest BCUT2D eigenvalue weighted by molar-refractivity contribution is -0.138. The van der Waals surface area contributed by atoms with E-state index in [0.717, 1.165) is 5.56 Å². The smallest absolute Gasteiger partial charge is 0.334 e. The van der Waals surface area contributed by atoms with E-state index in [2.05, 4.69) is 13.2 Å². The molecule has 0 saturated heterocycles. The van der Waals surface area contributed by atoms with Crippen LogP contribution in [0.1, 0.15) is 24.8 Å². The normalized spacial score (nSPS) is 11.7. The van der Waals surface area contributed by atoms with Gasteiger partial charge in [0.2, 0.25) is 0 Å². The molecule has 0 spiro atoms. The van der Waals surface area contributed by atoms with Gasteiger partial charge < -0.3 is 4.74 Å². The van der Waals surface area contributed by atoms with Gasteiger partial charge in [0.15, 0.2) is 0 Å². The summed E-state index contributed by atoms with van der Waals surface area (Å²) in [6.45, 7) is 9.49. The van der Waals surface area contributed by atoms with E-state index in [9.17, 15) is 9.18 Å². The monoisotopic (exact) mass is 248 g/mol. The van der Waals surface area contributed by atoms with Gasteiger partial charge in [0.25, 0.3) is 0 Å². The second kappa shape index (κ2) is 6.74.